The predicted molar refractivity (Wildman–Crippen MR) is 155 cm³/mol. The molecule has 0 N–H and O–H groups in total. The molecule has 1 saturated heterocycles. The van der Waals surface area contributed by atoms with Crippen molar-refractivity contribution in [1.29, 1.82) is 0 Å². The van der Waals surface area contributed by atoms with Gasteiger partial charge in [0, 0.05) is 37.5 Å². The summed E-state index contributed by atoms with van der Waals surface area (Å²) in [6.07, 6.45) is 14.3. The van der Waals surface area contributed by atoms with Gasteiger partial charge in [-0.1, -0.05) is 37.6 Å². The topological polar surface area (TPSA) is 66.7 Å². The van der Waals surface area contributed by atoms with Crippen molar-refractivity contribution >= 4 is 28.7 Å². The van der Waals surface area contributed by atoms with Gasteiger partial charge >= 0.3 is 0 Å². The van der Waals surface area contributed by atoms with E-state index in [0.717, 1.165) is 50.1 Å². The van der Waals surface area contributed by atoms with Gasteiger partial charge in [0.15, 0.2) is 11.4 Å². The summed E-state index contributed by atoms with van der Waals surface area (Å²) in [6, 6.07) is 8.61. The van der Waals surface area contributed by atoms with Gasteiger partial charge in [-0.25, -0.2) is 0 Å². The number of hydrogen-bond acceptors (Lipinski definition) is 6. The first-order valence-corrected chi connectivity index (χ1v) is 15.6. The number of para-hydroxylation sites is 2. The quantitative estimate of drug-likeness (QED) is 0.487. The van der Waals surface area contributed by atoms with Crippen molar-refractivity contribution in [3.05, 3.63) is 48.1 Å². The fourth-order valence-electron chi connectivity index (χ4n) is 10.5. The van der Waals surface area contributed by atoms with Gasteiger partial charge in [-0.3, -0.25) is 14.5 Å². The lowest BCUT2D eigenvalue weighted by Gasteiger charge is -2.61. The average Bonchev–Trinajstić information content (AvgIpc) is 3.39. The molecule has 2 heterocycles. The summed E-state index contributed by atoms with van der Waals surface area (Å²) in [7, 11) is 0. The van der Waals surface area contributed by atoms with Gasteiger partial charge in [0.2, 0.25) is 0 Å². The van der Waals surface area contributed by atoms with E-state index in [-0.39, 0.29) is 22.5 Å². The van der Waals surface area contributed by atoms with Crippen LogP contribution < -0.4 is 4.90 Å². The lowest BCUT2D eigenvalue weighted by atomic mass is 9.43. The third kappa shape index (κ3) is 3.60. The highest BCUT2D eigenvalue weighted by molar-refractivity contribution is 6.01. The molecule has 6 heteroatoms. The smallest absolute Gasteiger partial charge is 0.298 e. The number of allylic oxidation sites excluding steroid dienone is 4. The van der Waals surface area contributed by atoms with E-state index in [1.54, 1.807) is 0 Å². The Bertz CT molecular complexity index is 1410. The number of benzene rings is 1. The van der Waals surface area contributed by atoms with Gasteiger partial charge in [-0.05, 0) is 97.8 Å². The number of aromatic nitrogens is 1. The van der Waals surface area contributed by atoms with Gasteiger partial charge in [0.1, 0.15) is 11.3 Å². The van der Waals surface area contributed by atoms with E-state index >= 15 is 0 Å². The summed E-state index contributed by atoms with van der Waals surface area (Å²) in [5, 5.41) is 0. The monoisotopic (exact) mass is 539 g/mol. The molecule has 5 aliphatic carbocycles. The van der Waals surface area contributed by atoms with Crippen LogP contribution in [0.1, 0.15) is 58.8 Å². The highest BCUT2D eigenvalue weighted by Gasteiger charge is 2.70. The van der Waals surface area contributed by atoms with E-state index in [0.29, 0.717) is 41.5 Å². The molecule has 6 aliphatic rings. The van der Waals surface area contributed by atoms with Crippen LogP contribution in [0.25, 0.3) is 11.1 Å². The summed E-state index contributed by atoms with van der Waals surface area (Å²) in [4.78, 5) is 35.5. The molecule has 0 amide bonds. The van der Waals surface area contributed by atoms with Crippen molar-refractivity contribution in [3.8, 4) is 0 Å². The number of nitrogens with zero attached hydrogens (tertiary/aromatic N) is 3. The Kier molecular flexibility index (Phi) is 5.40. The number of fused-ring (bicyclic) bond motifs is 7. The molecule has 1 aliphatic heterocycles. The Balaban J connectivity index is 0.967. The molecule has 0 radical (unpaired) electrons. The largest absolute Gasteiger partial charge is 0.423 e. The fourth-order valence-corrected chi connectivity index (χ4v) is 10.5. The summed E-state index contributed by atoms with van der Waals surface area (Å²) < 4.78 is 6.00. The molecule has 6 nitrogen and oxygen atoms in total. The van der Waals surface area contributed by atoms with Crippen molar-refractivity contribution in [2.45, 2.75) is 58.8 Å². The van der Waals surface area contributed by atoms with Crippen LogP contribution in [0.2, 0.25) is 0 Å². The third-order valence-electron chi connectivity index (χ3n) is 12.3. The Morgan fingerprint density at radius 2 is 1.88 bits per heavy atom. The number of piperazine rings is 1. The molecule has 40 heavy (non-hydrogen) atoms. The highest BCUT2D eigenvalue weighted by Crippen LogP contribution is 2.77. The zero-order valence-corrected chi connectivity index (χ0v) is 23.9. The van der Waals surface area contributed by atoms with E-state index in [1.807, 2.05) is 36.4 Å². The predicted octanol–water partition coefficient (Wildman–Crippen LogP) is 5.83. The zero-order valence-electron chi connectivity index (χ0n) is 23.9. The van der Waals surface area contributed by atoms with Crippen LogP contribution in [-0.2, 0) is 9.59 Å². The van der Waals surface area contributed by atoms with Gasteiger partial charge in [-0.2, -0.15) is 4.98 Å². The first-order chi connectivity index (χ1) is 19.3. The first-order valence-electron chi connectivity index (χ1n) is 15.6. The highest BCUT2D eigenvalue weighted by atomic mass is 16.4. The van der Waals surface area contributed by atoms with Gasteiger partial charge < -0.3 is 9.32 Å². The molecule has 5 fully saturated rings. The van der Waals surface area contributed by atoms with Crippen LogP contribution in [0.4, 0.5) is 6.01 Å². The Labute approximate surface area is 236 Å². The summed E-state index contributed by atoms with van der Waals surface area (Å²) in [5.41, 5.74) is 3.58. The molecule has 1 aromatic heterocycles. The second kappa shape index (κ2) is 8.64. The molecule has 1 spiro atoms. The maximum absolute atomic E-state index is 14.0. The van der Waals surface area contributed by atoms with Crippen LogP contribution in [0.15, 0.2) is 52.5 Å². The molecule has 6 unspecified atom stereocenters. The minimum absolute atomic E-state index is 0.0190. The lowest BCUT2D eigenvalue weighted by Crippen LogP contribution is -2.56. The second-order valence-corrected chi connectivity index (χ2v) is 14.3. The average molecular weight is 540 g/mol. The summed E-state index contributed by atoms with van der Waals surface area (Å²) >= 11 is 0. The molecular formula is C34H41N3O3. The van der Waals surface area contributed by atoms with Crippen LogP contribution in [0.5, 0.6) is 0 Å². The normalized spacial score (nSPS) is 38.2. The molecular weight excluding hydrogens is 498 g/mol. The third-order valence-corrected chi connectivity index (χ3v) is 12.3. The van der Waals surface area contributed by atoms with Gasteiger partial charge in [0.25, 0.3) is 6.01 Å². The van der Waals surface area contributed by atoms with E-state index in [4.69, 9.17) is 4.42 Å². The van der Waals surface area contributed by atoms with Crippen molar-refractivity contribution < 1.29 is 14.0 Å². The molecule has 1 aromatic carbocycles. The molecule has 210 valence electrons. The molecule has 4 saturated carbocycles. The Morgan fingerprint density at radius 3 is 2.65 bits per heavy atom. The number of anilines is 1. The van der Waals surface area contributed by atoms with Crippen molar-refractivity contribution in [2.75, 3.05) is 37.6 Å². The Morgan fingerprint density at radius 1 is 1.07 bits per heavy atom. The van der Waals surface area contributed by atoms with Crippen LogP contribution in [-0.4, -0.2) is 54.2 Å². The van der Waals surface area contributed by atoms with Crippen LogP contribution in [0, 0.1) is 39.9 Å². The van der Waals surface area contributed by atoms with E-state index < -0.39 is 0 Å². The standard InChI is InChI=1S/C34H41N3O3/c1-32-12-11-23(38)19-22(32)7-8-24-25-9-10-26(33(25,2)21-34(13-14-34)30(24)32)28(39)20-36-15-17-37(18-16-36)31-35-27-5-3-4-6-29(27)40-31/h3-6,11-12,19,24-26,30H,7-10,13-18,20-21H2,1-2H3. The minimum atomic E-state index is 0.0190. The minimum Gasteiger partial charge on any atom is -0.423 e. The number of oxazole rings is 1. The Hall–Kier alpha value is -2.73. The first kappa shape index (κ1) is 25.0. The van der Waals surface area contributed by atoms with Crippen LogP contribution >= 0.6 is 0 Å². The van der Waals surface area contributed by atoms with E-state index in [1.165, 1.54) is 37.7 Å². The van der Waals surface area contributed by atoms with Crippen LogP contribution in [0.3, 0.4) is 0 Å². The van der Waals surface area contributed by atoms with Gasteiger partial charge in [-0.15, -0.1) is 0 Å². The van der Waals surface area contributed by atoms with Gasteiger partial charge in [0.05, 0.1) is 6.54 Å². The number of rotatable bonds is 4. The van der Waals surface area contributed by atoms with Crippen molar-refractivity contribution in [3.63, 3.8) is 0 Å². The maximum atomic E-state index is 14.0. The van der Waals surface area contributed by atoms with E-state index in [9.17, 15) is 9.59 Å². The number of ketones is 2. The lowest BCUT2D eigenvalue weighted by molar-refractivity contribution is -0.135. The SMILES string of the molecule is CC12C=CC(=O)C=C1CCC1C2C2(CC2)CC2(C)C(C(=O)CN3CCN(c4nc5ccccc5o4)CC3)CCC12. The van der Waals surface area contributed by atoms with Crippen molar-refractivity contribution in [1.82, 2.24) is 9.88 Å². The summed E-state index contributed by atoms with van der Waals surface area (Å²) in [6.45, 7) is 8.88. The second-order valence-electron chi connectivity index (χ2n) is 14.3. The fraction of sp³-hybridized carbons (Fsp3) is 0.618. The summed E-state index contributed by atoms with van der Waals surface area (Å²) in [5.74, 6) is 2.73. The number of hydrogen-bond donors (Lipinski definition) is 0. The maximum Gasteiger partial charge on any atom is 0.298 e. The number of carbonyl (C=O) groups is 2. The van der Waals surface area contributed by atoms with E-state index in [2.05, 4.69) is 34.7 Å². The number of Topliss-reactive ketones (excluding diaryl/α,β-unsaturated/α-hetero) is 1. The van der Waals surface area contributed by atoms with Crippen molar-refractivity contribution in [2.24, 2.45) is 39.9 Å². The molecule has 8 rings (SSSR count). The molecule has 6 atom stereocenters. The molecule has 0 bridgehead atoms. The molecule has 2 aromatic rings. The number of carbonyl (C=O) groups excluding carboxylic acids is 2. The zero-order chi connectivity index (χ0) is 27.3.